The molecule has 1 fully saturated rings. The minimum Gasteiger partial charge on any atom is -0.444 e. The van der Waals surface area contributed by atoms with Crippen molar-refractivity contribution in [1.82, 2.24) is 10.2 Å². The van der Waals surface area contributed by atoms with Crippen molar-refractivity contribution in [2.45, 2.75) is 25.7 Å². The largest absolute Gasteiger partial charge is 0.444 e. The van der Waals surface area contributed by atoms with E-state index in [1.54, 1.807) is 0 Å². The van der Waals surface area contributed by atoms with Gasteiger partial charge in [0.2, 0.25) is 17.7 Å². The Bertz CT molecular complexity index is 367. The van der Waals surface area contributed by atoms with Gasteiger partial charge in [-0.15, -0.1) is 0 Å². The van der Waals surface area contributed by atoms with Crippen LogP contribution in [-0.2, 0) is 23.9 Å². The normalized spacial score (nSPS) is 14.7. The molecule has 0 aromatic heterocycles. The Morgan fingerprint density at radius 3 is 2.42 bits per heavy atom. The van der Waals surface area contributed by atoms with Crippen LogP contribution in [0.3, 0.4) is 0 Å². The van der Waals surface area contributed by atoms with E-state index in [4.69, 9.17) is 10.5 Å². The fraction of sp³-hybridized carbons (Fsp3) is 0.636. The van der Waals surface area contributed by atoms with E-state index in [0.717, 1.165) is 4.90 Å². The van der Waals surface area contributed by atoms with Gasteiger partial charge < -0.3 is 15.8 Å². The summed E-state index contributed by atoms with van der Waals surface area (Å²) in [7, 11) is 0. The van der Waals surface area contributed by atoms with E-state index in [1.165, 1.54) is 0 Å². The summed E-state index contributed by atoms with van der Waals surface area (Å²) in [4.78, 5) is 45.7. The average Bonchev–Trinajstić information content (AvgIpc) is 2.67. The summed E-state index contributed by atoms with van der Waals surface area (Å²) in [6, 6.07) is 0. The van der Waals surface area contributed by atoms with Crippen molar-refractivity contribution in [2.24, 2.45) is 5.73 Å². The monoisotopic (exact) mass is 271 g/mol. The van der Waals surface area contributed by atoms with E-state index in [0.29, 0.717) is 0 Å². The number of nitrogens with two attached hydrogens (primary N) is 1. The Kier molecular flexibility index (Phi) is 5.94. The van der Waals surface area contributed by atoms with Crippen LogP contribution in [-0.4, -0.2) is 48.4 Å². The Labute approximate surface area is 110 Å². The first-order valence-electron chi connectivity index (χ1n) is 6.00. The van der Waals surface area contributed by atoms with Crippen LogP contribution in [0, 0.1) is 0 Å². The maximum absolute atomic E-state index is 11.3. The molecule has 1 rings (SSSR count). The zero-order valence-electron chi connectivity index (χ0n) is 10.5. The predicted molar refractivity (Wildman–Crippen MR) is 63.3 cm³/mol. The Balaban J connectivity index is 2.16. The second-order valence-corrected chi connectivity index (χ2v) is 4.00. The van der Waals surface area contributed by atoms with Crippen molar-refractivity contribution in [3.05, 3.63) is 0 Å². The molecular weight excluding hydrogens is 254 g/mol. The molecule has 1 heterocycles. The lowest BCUT2D eigenvalue weighted by atomic mass is 10.3. The van der Waals surface area contributed by atoms with E-state index in [1.807, 2.05) is 0 Å². The van der Waals surface area contributed by atoms with Gasteiger partial charge in [-0.25, -0.2) is 4.90 Å². The number of hydrogen-bond acceptors (Lipinski definition) is 6. The van der Waals surface area contributed by atoms with Gasteiger partial charge in [-0.05, 0) is 0 Å². The first-order chi connectivity index (χ1) is 9.04. The van der Waals surface area contributed by atoms with Crippen molar-refractivity contribution in [1.29, 1.82) is 0 Å². The number of likely N-dealkylation sites (tertiary alicyclic amines) is 1. The number of nitrogens with one attached hydrogen (secondary N) is 1. The second kappa shape index (κ2) is 7.47. The van der Waals surface area contributed by atoms with Crippen molar-refractivity contribution >= 4 is 23.7 Å². The molecule has 1 aliphatic heterocycles. The maximum Gasteiger partial charge on any atom is 0.309 e. The van der Waals surface area contributed by atoms with E-state index >= 15 is 0 Å². The van der Waals surface area contributed by atoms with Crippen molar-refractivity contribution in [3.8, 4) is 0 Å². The van der Waals surface area contributed by atoms with Crippen LogP contribution >= 0.6 is 0 Å². The molecule has 0 unspecified atom stereocenters. The van der Waals surface area contributed by atoms with Gasteiger partial charge in [0.05, 0.1) is 6.42 Å². The second-order valence-electron chi connectivity index (χ2n) is 4.00. The zero-order chi connectivity index (χ0) is 14.3. The van der Waals surface area contributed by atoms with Crippen LogP contribution in [0.5, 0.6) is 0 Å². The Morgan fingerprint density at radius 1 is 1.21 bits per heavy atom. The van der Waals surface area contributed by atoms with Crippen molar-refractivity contribution < 1.29 is 23.9 Å². The summed E-state index contributed by atoms with van der Waals surface area (Å²) in [6.07, 6.45) is 0.495. The number of hydrogen-bond donors (Lipinski definition) is 2. The number of esters is 1. The minimum atomic E-state index is -0.583. The van der Waals surface area contributed by atoms with Crippen molar-refractivity contribution in [3.63, 3.8) is 0 Å². The van der Waals surface area contributed by atoms with Gasteiger partial charge in [-0.2, -0.15) is 0 Å². The summed E-state index contributed by atoms with van der Waals surface area (Å²) >= 11 is 0. The molecule has 0 aromatic carbocycles. The molecule has 19 heavy (non-hydrogen) atoms. The van der Waals surface area contributed by atoms with Gasteiger partial charge in [0.15, 0.2) is 6.73 Å². The van der Waals surface area contributed by atoms with Crippen molar-refractivity contribution in [2.75, 3.05) is 19.8 Å². The molecule has 0 aliphatic carbocycles. The molecule has 106 valence electrons. The number of amides is 3. The quantitative estimate of drug-likeness (QED) is 0.429. The van der Waals surface area contributed by atoms with E-state index in [9.17, 15) is 19.2 Å². The number of carbonyl (C=O) groups excluding carboxylic acids is 4. The molecule has 3 amide bonds. The fourth-order valence-corrected chi connectivity index (χ4v) is 1.50. The third kappa shape index (κ3) is 5.04. The molecule has 3 N–H and O–H groups in total. The summed E-state index contributed by atoms with van der Waals surface area (Å²) in [5.41, 5.74) is 5.18. The molecule has 0 radical (unpaired) electrons. The number of ether oxygens (including phenoxy) is 1. The van der Waals surface area contributed by atoms with Crippen LogP contribution in [0.1, 0.15) is 25.7 Å². The topological polar surface area (TPSA) is 119 Å². The maximum atomic E-state index is 11.3. The van der Waals surface area contributed by atoms with Gasteiger partial charge >= 0.3 is 5.97 Å². The molecule has 0 spiro atoms. The number of carbonyl (C=O) groups is 4. The number of rotatable bonds is 7. The molecule has 0 saturated carbocycles. The molecule has 8 heteroatoms. The van der Waals surface area contributed by atoms with Gasteiger partial charge in [0.1, 0.15) is 0 Å². The number of imide groups is 1. The van der Waals surface area contributed by atoms with Gasteiger partial charge in [-0.3, -0.25) is 19.2 Å². The highest BCUT2D eigenvalue weighted by Crippen LogP contribution is 2.11. The van der Waals surface area contributed by atoms with Gasteiger partial charge in [0, 0.05) is 32.4 Å². The van der Waals surface area contributed by atoms with E-state index in [2.05, 4.69) is 5.32 Å². The first kappa shape index (κ1) is 15.1. The summed E-state index contributed by atoms with van der Waals surface area (Å²) in [6.45, 7) is 0.0300. The third-order valence-corrected chi connectivity index (χ3v) is 2.53. The lowest BCUT2D eigenvalue weighted by Crippen LogP contribution is -2.33. The number of nitrogens with zero attached hydrogens (tertiary/aromatic N) is 1. The lowest BCUT2D eigenvalue weighted by Gasteiger charge is -2.13. The van der Waals surface area contributed by atoms with E-state index in [-0.39, 0.29) is 63.2 Å². The summed E-state index contributed by atoms with van der Waals surface area (Å²) in [5, 5.41) is 2.49. The zero-order valence-corrected chi connectivity index (χ0v) is 10.5. The average molecular weight is 271 g/mol. The predicted octanol–water partition coefficient (Wildman–Crippen LogP) is -1.51. The third-order valence-electron chi connectivity index (χ3n) is 2.53. The van der Waals surface area contributed by atoms with Gasteiger partial charge in [0.25, 0.3) is 0 Å². The first-order valence-corrected chi connectivity index (χ1v) is 6.00. The summed E-state index contributed by atoms with van der Waals surface area (Å²) < 4.78 is 4.78. The lowest BCUT2D eigenvalue weighted by molar-refractivity contribution is -0.155. The molecule has 0 bridgehead atoms. The van der Waals surface area contributed by atoms with Gasteiger partial charge in [-0.1, -0.05) is 0 Å². The molecule has 0 atom stereocenters. The molecule has 1 saturated heterocycles. The van der Waals surface area contributed by atoms with Crippen LogP contribution < -0.4 is 11.1 Å². The van der Waals surface area contributed by atoms with E-state index < -0.39 is 5.97 Å². The highest BCUT2D eigenvalue weighted by atomic mass is 16.5. The van der Waals surface area contributed by atoms with Crippen LogP contribution in [0.15, 0.2) is 0 Å². The summed E-state index contributed by atoms with van der Waals surface area (Å²) in [5.74, 6) is -1.50. The molecule has 8 nitrogen and oxygen atoms in total. The fourth-order valence-electron chi connectivity index (χ4n) is 1.50. The highest BCUT2D eigenvalue weighted by Gasteiger charge is 2.29. The smallest absolute Gasteiger partial charge is 0.309 e. The SMILES string of the molecule is NCCC(=O)NCCC(=O)OCN1C(=O)CCC1=O. The molecule has 0 aromatic rings. The molecular formula is C11H17N3O5. The van der Waals surface area contributed by atoms with Crippen LogP contribution in [0.4, 0.5) is 0 Å². The highest BCUT2D eigenvalue weighted by molar-refractivity contribution is 6.01. The Morgan fingerprint density at radius 2 is 1.84 bits per heavy atom. The molecule has 1 aliphatic rings. The standard InChI is InChI=1S/C11H17N3O5/c12-5-3-8(15)13-6-4-11(18)19-7-14-9(16)1-2-10(14)17/h1-7,12H2,(H,13,15). The van der Waals surface area contributed by atoms with Crippen LogP contribution in [0.25, 0.3) is 0 Å². The Hall–Kier alpha value is -1.96. The minimum absolute atomic E-state index is 0.0213. The van der Waals surface area contributed by atoms with Crippen LogP contribution in [0.2, 0.25) is 0 Å².